The maximum atomic E-state index is 4.75. The van der Waals surface area contributed by atoms with E-state index in [1.165, 1.54) is 35.0 Å². The molecule has 1 atom stereocenters. The number of thiazole rings is 1. The number of pyridine rings is 1. The maximum absolute atomic E-state index is 4.75. The fraction of sp³-hybridized carbons (Fsp3) is 0.529. The summed E-state index contributed by atoms with van der Waals surface area (Å²) >= 11 is 1.77. The highest BCUT2D eigenvalue weighted by Gasteiger charge is 2.14. The highest BCUT2D eigenvalue weighted by molar-refractivity contribution is 7.11. The van der Waals surface area contributed by atoms with Crippen LogP contribution in [0.3, 0.4) is 0 Å². The molecule has 2 aromatic rings. The van der Waals surface area contributed by atoms with Gasteiger partial charge in [-0.15, -0.1) is 23.7 Å². The van der Waals surface area contributed by atoms with E-state index in [4.69, 9.17) is 4.98 Å². The number of aromatic nitrogens is 2. The Kier molecular flexibility index (Phi) is 7.27. The number of aryl methyl sites for hydroxylation is 1. The predicted octanol–water partition coefficient (Wildman–Crippen LogP) is 3.47. The summed E-state index contributed by atoms with van der Waals surface area (Å²) in [5.41, 5.74) is 1.20. The molecule has 0 aromatic carbocycles. The van der Waals surface area contributed by atoms with E-state index in [1.807, 2.05) is 6.20 Å². The number of hydrogen-bond acceptors (Lipinski definition) is 5. The van der Waals surface area contributed by atoms with Gasteiger partial charge in [-0.25, -0.2) is 9.97 Å². The van der Waals surface area contributed by atoms with Crippen LogP contribution in [0, 0.1) is 12.8 Å². The van der Waals surface area contributed by atoms with Crippen molar-refractivity contribution in [2.24, 2.45) is 5.92 Å². The summed E-state index contributed by atoms with van der Waals surface area (Å²) in [7, 11) is 0. The molecule has 1 aliphatic rings. The maximum Gasteiger partial charge on any atom is 0.126 e. The quantitative estimate of drug-likeness (QED) is 0.835. The lowest BCUT2D eigenvalue weighted by Crippen LogP contribution is -2.31. The van der Waals surface area contributed by atoms with Gasteiger partial charge in [0.05, 0.1) is 5.01 Å². The SMILES string of the molecule is Cc1cnc(CCNc2cccc(CC3CCCNC3)n2)s1.Cl. The summed E-state index contributed by atoms with van der Waals surface area (Å²) in [5.74, 6) is 1.71. The van der Waals surface area contributed by atoms with Crippen molar-refractivity contribution in [1.82, 2.24) is 15.3 Å². The van der Waals surface area contributed by atoms with Crippen molar-refractivity contribution in [2.75, 3.05) is 25.0 Å². The second kappa shape index (κ2) is 9.21. The Hall–Kier alpha value is -1.17. The van der Waals surface area contributed by atoms with Gasteiger partial charge in [-0.2, -0.15) is 0 Å². The zero-order chi connectivity index (χ0) is 15.2. The van der Waals surface area contributed by atoms with Gasteiger partial charge in [0.1, 0.15) is 5.82 Å². The summed E-state index contributed by atoms with van der Waals surface area (Å²) in [4.78, 5) is 10.4. The zero-order valence-corrected chi connectivity index (χ0v) is 15.2. The second-order valence-electron chi connectivity index (χ2n) is 5.97. The largest absolute Gasteiger partial charge is 0.370 e. The van der Waals surface area contributed by atoms with Crippen molar-refractivity contribution < 1.29 is 0 Å². The van der Waals surface area contributed by atoms with Crippen LogP contribution in [0.15, 0.2) is 24.4 Å². The Labute approximate surface area is 148 Å². The van der Waals surface area contributed by atoms with Gasteiger partial charge in [-0.3, -0.25) is 0 Å². The van der Waals surface area contributed by atoms with E-state index in [0.717, 1.165) is 37.7 Å². The van der Waals surface area contributed by atoms with Crippen molar-refractivity contribution in [1.29, 1.82) is 0 Å². The lowest BCUT2D eigenvalue weighted by molar-refractivity contribution is 0.373. The molecule has 3 rings (SSSR count). The van der Waals surface area contributed by atoms with Crippen LogP contribution in [-0.2, 0) is 12.8 Å². The molecule has 0 aliphatic carbocycles. The molecular formula is C17H25ClN4S. The van der Waals surface area contributed by atoms with E-state index in [9.17, 15) is 0 Å². The van der Waals surface area contributed by atoms with Crippen molar-refractivity contribution in [3.05, 3.63) is 40.0 Å². The van der Waals surface area contributed by atoms with Gasteiger partial charge in [0, 0.05) is 29.7 Å². The number of halogens is 1. The fourth-order valence-electron chi connectivity index (χ4n) is 2.90. The van der Waals surface area contributed by atoms with Crippen LogP contribution in [0.25, 0.3) is 0 Å². The monoisotopic (exact) mass is 352 g/mol. The van der Waals surface area contributed by atoms with Crippen LogP contribution < -0.4 is 10.6 Å². The lowest BCUT2D eigenvalue weighted by atomic mass is 9.94. The third-order valence-electron chi connectivity index (χ3n) is 4.02. The summed E-state index contributed by atoms with van der Waals surface area (Å²) in [6.07, 6.45) is 6.58. The van der Waals surface area contributed by atoms with Crippen molar-refractivity contribution >= 4 is 29.6 Å². The highest BCUT2D eigenvalue weighted by atomic mass is 35.5. The van der Waals surface area contributed by atoms with Crippen molar-refractivity contribution in [2.45, 2.75) is 32.6 Å². The molecule has 0 spiro atoms. The summed E-state index contributed by atoms with van der Waals surface area (Å²) in [5, 5.41) is 8.08. The van der Waals surface area contributed by atoms with E-state index in [2.05, 4.69) is 40.7 Å². The third kappa shape index (κ3) is 5.75. The first kappa shape index (κ1) is 18.2. The Balaban J connectivity index is 0.00000192. The number of piperidine rings is 1. The van der Waals surface area contributed by atoms with Crippen LogP contribution in [-0.4, -0.2) is 29.6 Å². The van der Waals surface area contributed by atoms with E-state index in [-0.39, 0.29) is 12.4 Å². The molecule has 0 radical (unpaired) electrons. The highest BCUT2D eigenvalue weighted by Crippen LogP contribution is 2.17. The number of hydrogen-bond donors (Lipinski definition) is 2. The molecule has 2 aromatic heterocycles. The van der Waals surface area contributed by atoms with Crippen LogP contribution in [0.1, 0.15) is 28.4 Å². The number of rotatable bonds is 6. The molecule has 1 saturated heterocycles. The van der Waals surface area contributed by atoms with Gasteiger partial charge in [-0.05, 0) is 57.3 Å². The minimum atomic E-state index is 0. The van der Waals surface area contributed by atoms with Gasteiger partial charge >= 0.3 is 0 Å². The number of nitrogens with zero attached hydrogens (tertiary/aromatic N) is 2. The smallest absolute Gasteiger partial charge is 0.126 e. The van der Waals surface area contributed by atoms with E-state index in [1.54, 1.807) is 11.3 Å². The fourth-order valence-corrected chi connectivity index (χ4v) is 3.69. The molecule has 126 valence electrons. The van der Waals surface area contributed by atoms with Crippen LogP contribution in [0.2, 0.25) is 0 Å². The Morgan fingerprint density at radius 1 is 1.39 bits per heavy atom. The normalized spacial score (nSPS) is 17.5. The van der Waals surface area contributed by atoms with Crippen molar-refractivity contribution in [3.8, 4) is 0 Å². The molecule has 1 aliphatic heterocycles. The van der Waals surface area contributed by atoms with Crippen LogP contribution >= 0.6 is 23.7 Å². The molecule has 0 saturated carbocycles. The van der Waals surface area contributed by atoms with Gasteiger partial charge < -0.3 is 10.6 Å². The second-order valence-corrected chi connectivity index (χ2v) is 7.29. The molecule has 6 heteroatoms. The van der Waals surface area contributed by atoms with Gasteiger partial charge in [0.25, 0.3) is 0 Å². The Morgan fingerprint density at radius 2 is 2.30 bits per heavy atom. The van der Waals surface area contributed by atoms with Crippen LogP contribution in [0.5, 0.6) is 0 Å². The molecule has 23 heavy (non-hydrogen) atoms. The minimum Gasteiger partial charge on any atom is -0.370 e. The third-order valence-corrected chi connectivity index (χ3v) is 4.99. The summed E-state index contributed by atoms with van der Waals surface area (Å²) in [6, 6.07) is 6.30. The number of nitrogens with one attached hydrogen (secondary N) is 2. The molecule has 2 N–H and O–H groups in total. The Morgan fingerprint density at radius 3 is 3.04 bits per heavy atom. The Bertz CT molecular complexity index is 596. The average Bonchev–Trinajstić information content (AvgIpc) is 2.94. The summed E-state index contributed by atoms with van der Waals surface area (Å²) in [6.45, 7) is 5.28. The average molecular weight is 353 g/mol. The molecule has 0 amide bonds. The molecule has 3 heterocycles. The molecular weight excluding hydrogens is 328 g/mol. The minimum absolute atomic E-state index is 0. The zero-order valence-electron chi connectivity index (χ0n) is 13.5. The molecule has 1 fully saturated rings. The van der Waals surface area contributed by atoms with Gasteiger partial charge in [0.15, 0.2) is 0 Å². The first-order valence-electron chi connectivity index (χ1n) is 8.11. The van der Waals surface area contributed by atoms with Crippen molar-refractivity contribution in [3.63, 3.8) is 0 Å². The predicted molar refractivity (Wildman–Crippen MR) is 99.8 cm³/mol. The topological polar surface area (TPSA) is 49.8 Å². The number of anilines is 1. The lowest BCUT2D eigenvalue weighted by Gasteiger charge is -2.22. The van der Waals surface area contributed by atoms with E-state index >= 15 is 0 Å². The molecule has 4 nitrogen and oxygen atoms in total. The first-order chi connectivity index (χ1) is 10.8. The van der Waals surface area contributed by atoms with Gasteiger partial charge in [0.2, 0.25) is 0 Å². The summed E-state index contributed by atoms with van der Waals surface area (Å²) < 4.78 is 0. The first-order valence-corrected chi connectivity index (χ1v) is 8.93. The van der Waals surface area contributed by atoms with Gasteiger partial charge in [-0.1, -0.05) is 6.07 Å². The molecule has 1 unspecified atom stereocenters. The van der Waals surface area contributed by atoms with E-state index < -0.39 is 0 Å². The standard InChI is InChI=1S/C17H24N4S.ClH/c1-13-11-20-17(22-13)7-9-19-16-6-2-5-15(21-16)10-14-4-3-8-18-12-14;/h2,5-6,11,14,18H,3-4,7-10,12H2,1H3,(H,19,21);1H. The van der Waals surface area contributed by atoms with E-state index in [0.29, 0.717) is 0 Å². The van der Waals surface area contributed by atoms with Crippen LogP contribution in [0.4, 0.5) is 5.82 Å². The molecule has 0 bridgehead atoms.